The zero-order chi connectivity index (χ0) is 13.0. The van der Waals surface area contributed by atoms with Crippen LogP contribution < -0.4 is 5.32 Å². The maximum absolute atomic E-state index is 10.1. The molecule has 0 bridgehead atoms. The van der Waals surface area contributed by atoms with Crippen LogP contribution in [-0.2, 0) is 0 Å². The summed E-state index contributed by atoms with van der Waals surface area (Å²) in [6.45, 7) is 6.38. The Balaban J connectivity index is 0.00000180. The van der Waals surface area contributed by atoms with Gasteiger partial charge in [0.1, 0.15) is 5.75 Å². The SMILES string of the molecule is CCC[C@@H](c1cc(Br)ccc1O)N1CCNCC1.Cl.Cl. The summed E-state index contributed by atoms with van der Waals surface area (Å²) in [6.07, 6.45) is 2.21. The lowest BCUT2D eigenvalue weighted by atomic mass is 9.99. The molecular weight excluding hydrogens is 363 g/mol. The number of benzene rings is 1. The minimum atomic E-state index is 0. The Bertz CT molecular complexity index is 401. The summed E-state index contributed by atoms with van der Waals surface area (Å²) in [5, 5.41) is 13.5. The van der Waals surface area contributed by atoms with Crippen LogP contribution >= 0.6 is 40.7 Å². The number of nitrogens with zero attached hydrogens (tertiary/aromatic N) is 1. The Kier molecular flexibility index (Phi) is 9.85. The number of hydrogen-bond acceptors (Lipinski definition) is 3. The molecule has 1 fully saturated rings. The van der Waals surface area contributed by atoms with Crippen molar-refractivity contribution in [3.05, 3.63) is 28.2 Å². The third-order valence-electron chi connectivity index (χ3n) is 3.50. The first kappa shape index (κ1) is 20.0. The molecular formula is C14H23BrCl2N2O. The summed E-state index contributed by atoms with van der Waals surface area (Å²) in [4.78, 5) is 2.47. The van der Waals surface area contributed by atoms with Gasteiger partial charge in [0.2, 0.25) is 0 Å². The predicted molar refractivity (Wildman–Crippen MR) is 92.4 cm³/mol. The molecule has 1 atom stereocenters. The summed E-state index contributed by atoms with van der Waals surface area (Å²) >= 11 is 3.50. The second kappa shape index (κ2) is 9.85. The summed E-state index contributed by atoms with van der Waals surface area (Å²) < 4.78 is 1.03. The van der Waals surface area contributed by atoms with E-state index in [1.54, 1.807) is 6.07 Å². The van der Waals surface area contributed by atoms with E-state index in [4.69, 9.17) is 0 Å². The van der Waals surface area contributed by atoms with Gasteiger partial charge in [0.15, 0.2) is 0 Å². The Morgan fingerprint density at radius 1 is 1.30 bits per heavy atom. The van der Waals surface area contributed by atoms with Crippen LogP contribution in [0, 0.1) is 0 Å². The summed E-state index contributed by atoms with van der Waals surface area (Å²) in [5.41, 5.74) is 1.05. The van der Waals surface area contributed by atoms with Gasteiger partial charge in [-0.05, 0) is 24.6 Å². The molecule has 0 unspecified atom stereocenters. The van der Waals surface area contributed by atoms with E-state index in [0.29, 0.717) is 11.8 Å². The van der Waals surface area contributed by atoms with Crippen LogP contribution in [0.15, 0.2) is 22.7 Å². The van der Waals surface area contributed by atoms with Crippen LogP contribution in [-0.4, -0.2) is 36.2 Å². The van der Waals surface area contributed by atoms with Crippen LogP contribution in [0.5, 0.6) is 5.75 Å². The zero-order valence-corrected chi connectivity index (χ0v) is 14.9. The van der Waals surface area contributed by atoms with Crippen molar-refractivity contribution >= 4 is 40.7 Å². The Morgan fingerprint density at radius 3 is 2.55 bits per heavy atom. The number of aromatic hydroxyl groups is 1. The first-order valence-electron chi connectivity index (χ1n) is 6.65. The minimum absolute atomic E-state index is 0. The fourth-order valence-electron chi connectivity index (χ4n) is 2.59. The monoisotopic (exact) mass is 384 g/mol. The van der Waals surface area contributed by atoms with E-state index in [-0.39, 0.29) is 24.8 Å². The maximum atomic E-state index is 10.1. The number of rotatable bonds is 4. The van der Waals surface area contributed by atoms with Gasteiger partial charge in [0, 0.05) is 42.3 Å². The van der Waals surface area contributed by atoms with Gasteiger partial charge >= 0.3 is 0 Å². The Morgan fingerprint density at radius 2 is 1.95 bits per heavy atom. The van der Waals surface area contributed by atoms with E-state index in [1.807, 2.05) is 6.07 Å². The molecule has 1 aliphatic heterocycles. The topological polar surface area (TPSA) is 35.5 Å². The molecule has 0 saturated carbocycles. The molecule has 1 aromatic carbocycles. The molecule has 2 N–H and O–H groups in total. The van der Waals surface area contributed by atoms with Crippen molar-refractivity contribution in [3.8, 4) is 5.75 Å². The highest BCUT2D eigenvalue weighted by Gasteiger charge is 2.23. The highest BCUT2D eigenvalue weighted by atomic mass is 79.9. The lowest BCUT2D eigenvalue weighted by Gasteiger charge is -2.35. The zero-order valence-electron chi connectivity index (χ0n) is 11.6. The number of phenolic OH excluding ortho intramolecular Hbond substituents is 1. The highest BCUT2D eigenvalue weighted by molar-refractivity contribution is 9.10. The van der Waals surface area contributed by atoms with Crippen molar-refractivity contribution in [2.24, 2.45) is 0 Å². The van der Waals surface area contributed by atoms with Crippen molar-refractivity contribution < 1.29 is 5.11 Å². The Hall–Kier alpha value is -0.000000000000000111. The second-order valence-corrected chi connectivity index (χ2v) is 5.71. The molecule has 0 aromatic heterocycles. The van der Waals surface area contributed by atoms with Crippen LogP contribution in [0.3, 0.4) is 0 Å². The molecule has 0 amide bonds. The molecule has 1 heterocycles. The molecule has 116 valence electrons. The van der Waals surface area contributed by atoms with E-state index in [0.717, 1.165) is 49.1 Å². The number of halogens is 3. The summed E-state index contributed by atoms with van der Waals surface area (Å²) in [7, 11) is 0. The lowest BCUT2D eigenvalue weighted by Crippen LogP contribution is -2.45. The molecule has 0 spiro atoms. The third-order valence-corrected chi connectivity index (χ3v) is 4.00. The predicted octanol–water partition coefficient (Wildman–Crippen LogP) is 3.74. The maximum Gasteiger partial charge on any atom is 0.120 e. The molecule has 2 rings (SSSR count). The first-order valence-corrected chi connectivity index (χ1v) is 7.45. The average Bonchev–Trinajstić information content (AvgIpc) is 2.40. The third kappa shape index (κ3) is 5.08. The van der Waals surface area contributed by atoms with Gasteiger partial charge in [-0.2, -0.15) is 0 Å². The van der Waals surface area contributed by atoms with Crippen LogP contribution in [0.1, 0.15) is 31.4 Å². The second-order valence-electron chi connectivity index (χ2n) is 4.79. The molecule has 1 saturated heterocycles. The summed E-state index contributed by atoms with van der Waals surface area (Å²) in [5.74, 6) is 0.412. The van der Waals surface area contributed by atoms with Gasteiger partial charge in [0.25, 0.3) is 0 Å². The van der Waals surface area contributed by atoms with E-state index >= 15 is 0 Å². The lowest BCUT2D eigenvalue weighted by molar-refractivity contribution is 0.162. The van der Waals surface area contributed by atoms with Gasteiger partial charge in [-0.15, -0.1) is 24.8 Å². The molecule has 0 aliphatic carbocycles. The van der Waals surface area contributed by atoms with E-state index in [2.05, 4.69) is 39.1 Å². The Labute approximate surface area is 142 Å². The van der Waals surface area contributed by atoms with Gasteiger partial charge in [-0.1, -0.05) is 29.3 Å². The molecule has 3 nitrogen and oxygen atoms in total. The van der Waals surface area contributed by atoms with Gasteiger partial charge in [0.05, 0.1) is 0 Å². The van der Waals surface area contributed by atoms with Crippen molar-refractivity contribution in [1.82, 2.24) is 10.2 Å². The number of hydrogen-bond donors (Lipinski definition) is 2. The smallest absolute Gasteiger partial charge is 0.120 e. The van der Waals surface area contributed by atoms with Crippen molar-refractivity contribution in [2.45, 2.75) is 25.8 Å². The minimum Gasteiger partial charge on any atom is -0.508 e. The largest absolute Gasteiger partial charge is 0.508 e. The summed E-state index contributed by atoms with van der Waals surface area (Å²) in [6, 6.07) is 6.05. The van der Waals surface area contributed by atoms with Crippen LogP contribution in [0.2, 0.25) is 0 Å². The quantitative estimate of drug-likeness (QED) is 0.828. The van der Waals surface area contributed by atoms with Gasteiger partial charge < -0.3 is 10.4 Å². The molecule has 1 aliphatic rings. The fourth-order valence-corrected chi connectivity index (χ4v) is 2.97. The number of phenols is 1. The van der Waals surface area contributed by atoms with Crippen LogP contribution in [0.4, 0.5) is 0 Å². The number of piperazine rings is 1. The first-order chi connectivity index (χ1) is 8.72. The van der Waals surface area contributed by atoms with E-state index < -0.39 is 0 Å². The number of nitrogens with one attached hydrogen (secondary N) is 1. The molecule has 1 aromatic rings. The van der Waals surface area contributed by atoms with Gasteiger partial charge in [-0.25, -0.2) is 0 Å². The van der Waals surface area contributed by atoms with E-state index in [1.165, 1.54) is 0 Å². The van der Waals surface area contributed by atoms with Crippen LogP contribution in [0.25, 0.3) is 0 Å². The average molecular weight is 386 g/mol. The normalized spacial score (nSPS) is 16.9. The molecule has 0 radical (unpaired) electrons. The van der Waals surface area contributed by atoms with Crippen molar-refractivity contribution in [2.75, 3.05) is 26.2 Å². The standard InChI is InChI=1S/C14H21BrN2O.2ClH/c1-2-3-13(17-8-6-16-7-9-17)12-10-11(15)4-5-14(12)18;;/h4-5,10,13,16,18H,2-3,6-9H2,1H3;2*1H/t13-;;/m0../s1. The molecule has 20 heavy (non-hydrogen) atoms. The van der Waals surface area contributed by atoms with Crippen molar-refractivity contribution in [3.63, 3.8) is 0 Å². The van der Waals surface area contributed by atoms with Crippen molar-refractivity contribution in [1.29, 1.82) is 0 Å². The van der Waals surface area contributed by atoms with Gasteiger partial charge in [-0.3, -0.25) is 4.90 Å². The highest BCUT2D eigenvalue weighted by Crippen LogP contribution is 2.34. The fraction of sp³-hybridized carbons (Fsp3) is 0.571. The molecule has 6 heteroatoms. The van der Waals surface area contributed by atoms with E-state index in [9.17, 15) is 5.11 Å².